The average Bonchev–Trinajstić information content (AvgIpc) is 2.96. The molecule has 2 amide bonds. The molecule has 4 heteroatoms. The second kappa shape index (κ2) is 5.71. The maximum Gasteiger partial charge on any atom is 0.232 e. The van der Waals surface area contributed by atoms with Gasteiger partial charge in [-0.25, -0.2) is 0 Å². The van der Waals surface area contributed by atoms with Gasteiger partial charge in [-0.3, -0.25) is 14.5 Å². The summed E-state index contributed by atoms with van der Waals surface area (Å²) in [5.74, 6) is 5.87. The van der Waals surface area contributed by atoms with E-state index < -0.39 is 0 Å². The van der Waals surface area contributed by atoms with Crippen LogP contribution in [0.1, 0.15) is 30.4 Å². The van der Waals surface area contributed by atoms with Gasteiger partial charge in [-0.05, 0) is 37.0 Å². The molecule has 2 unspecified atom stereocenters. The Morgan fingerprint density at radius 1 is 1.10 bits per heavy atom. The van der Waals surface area contributed by atoms with Crippen LogP contribution in [-0.4, -0.2) is 23.3 Å². The Balaban J connectivity index is 1.74. The molecule has 0 aromatic heterocycles. The van der Waals surface area contributed by atoms with Crippen LogP contribution in [-0.2, 0) is 16.1 Å². The van der Waals surface area contributed by atoms with Gasteiger partial charge in [0.2, 0.25) is 11.8 Å². The van der Waals surface area contributed by atoms with Crippen molar-refractivity contribution in [3.05, 3.63) is 35.4 Å². The quantitative estimate of drug-likeness (QED) is 0.656. The van der Waals surface area contributed by atoms with Gasteiger partial charge in [0, 0.05) is 17.4 Å². The fraction of sp³-hybridized carbons (Fsp3) is 0.412. The predicted octanol–water partition coefficient (Wildman–Crippen LogP) is 1.28. The number of rotatable bonds is 2. The third-order valence-electron chi connectivity index (χ3n) is 4.29. The first kappa shape index (κ1) is 13.8. The number of carbonyl (C=O) groups is 2. The molecule has 4 nitrogen and oxygen atoms in total. The number of nitrogens with zero attached hydrogens (tertiary/aromatic N) is 1. The number of hydrogen-bond donors (Lipinski definition) is 1. The van der Waals surface area contributed by atoms with Gasteiger partial charge in [0.1, 0.15) is 0 Å². The van der Waals surface area contributed by atoms with Gasteiger partial charge >= 0.3 is 0 Å². The van der Waals surface area contributed by atoms with Crippen LogP contribution in [0.15, 0.2) is 24.3 Å². The normalized spacial score (nSPS) is 24.0. The van der Waals surface area contributed by atoms with E-state index in [0.717, 1.165) is 30.4 Å². The van der Waals surface area contributed by atoms with Gasteiger partial charge in [0.05, 0.1) is 13.1 Å². The lowest BCUT2D eigenvalue weighted by Crippen LogP contribution is -2.45. The molecule has 2 aliphatic rings. The van der Waals surface area contributed by atoms with Gasteiger partial charge < -0.3 is 5.73 Å². The number of imide groups is 1. The molecule has 2 fully saturated rings. The topological polar surface area (TPSA) is 63.4 Å². The molecular weight excluding hydrogens is 264 g/mol. The molecule has 1 aromatic rings. The fourth-order valence-electron chi connectivity index (χ4n) is 3.16. The highest BCUT2D eigenvalue weighted by Crippen LogP contribution is 2.38. The molecule has 2 bridgehead atoms. The molecule has 3 rings (SSSR count). The molecule has 108 valence electrons. The third kappa shape index (κ3) is 2.70. The van der Waals surface area contributed by atoms with E-state index in [9.17, 15) is 9.59 Å². The maximum absolute atomic E-state index is 12.3. The number of nitrogens with two attached hydrogens (primary N) is 1. The summed E-state index contributed by atoms with van der Waals surface area (Å²) in [6, 6.07) is 7.62. The van der Waals surface area contributed by atoms with E-state index in [0.29, 0.717) is 13.1 Å². The minimum atomic E-state index is 0.000694. The number of piperidine rings is 1. The van der Waals surface area contributed by atoms with Crippen LogP contribution in [0.2, 0.25) is 0 Å². The summed E-state index contributed by atoms with van der Waals surface area (Å²) in [6.45, 7) is 0.705. The monoisotopic (exact) mass is 282 g/mol. The SMILES string of the molecule is NCC#Cc1ccc(CN2C(=O)C3CCC(C3)C2=O)cc1. The standard InChI is InChI=1S/C17H18N2O2/c18-9-1-2-12-3-5-13(6-4-12)11-19-16(20)14-7-8-15(10-14)17(19)21/h3-6,14-15H,7-11,18H2. The zero-order valence-electron chi connectivity index (χ0n) is 11.8. The van der Waals surface area contributed by atoms with Gasteiger partial charge in [0.15, 0.2) is 0 Å². The first-order chi connectivity index (χ1) is 10.2. The number of benzene rings is 1. The van der Waals surface area contributed by atoms with Crippen LogP contribution in [0.3, 0.4) is 0 Å². The molecular formula is C17H18N2O2. The molecule has 0 radical (unpaired) electrons. The van der Waals surface area contributed by atoms with Crippen LogP contribution in [0, 0.1) is 23.7 Å². The minimum absolute atomic E-state index is 0.000694. The van der Waals surface area contributed by atoms with Crippen molar-refractivity contribution in [1.29, 1.82) is 0 Å². The highest BCUT2D eigenvalue weighted by Gasteiger charge is 2.44. The highest BCUT2D eigenvalue weighted by atomic mass is 16.2. The summed E-state index contributed by atoms with van der Waals surface area (Å²) < 4.78 is 0. The number of fused-ring (bicyclic) bond motifs is 2. The Hall–Kier alpha value is -2.12. The van der Waals surface area contributed by atoms with E-state index in [1.54, 1.807) is 0 Å². The predicted molar refractivity (Wildman–Crippen MR) is 78.8 cm³/mol. The molecule has 1 saturated heterocycles. The number of hydrogen-bond acceptors (Lipinski definition) is 3. The summed E-state index contributed by atoms with van der Waals surface area (Å²) in [5.41, 5.74) is 7.18. The third-order valence-corrected chi connectivity index (χ3v) is 4.29. The van der Waals surface area contributed by atoms with E-state index in [1.165, 1.54) is 4.90 Å². The molecule has 1 heterocycles. The maximum atomic E-state index is 12.3. The molecule has 1 aliphatic carbocycles. The zero-order valence-corrected chi connectivity index (χ0v) is 11.8. The van der Waals surface area contributed by atoms with Crippen molar-refractivity contribution in [3.8, 4) is 11.8 Å². The lowest BCUT2D eigenvalue weighted by Gasteiger charge is -2.29. The second-order valence-electron chi connectivity index (χ2n) is 5.67. The van der Waals surface area contributed by atoms with Crippen LogP contribution >= 0.6 is 0 Å². The Morgan fingerprint density at radius 2 is 1.71 bits per heavy atom. The van der Waals surface area contributed by atoms with Crippen molar-refractivity contribution >= 4 is 11.8 Å². The van der Waals surface area contributed by atoms with Crippen LogP contribution < -0.4 is 5.73 Å². The Labute approximate surface area is 124 Å². The first-order valence-corrected chi connectivity index (χ1v) is 7.32. The highest BCUT2D eigenvalue weighted by molar-refractivity contribution is 6.00. The molecule has 1 aromatic carbocycles. The Morgan fingerprint density at radius 3 is 2.29 bits per heavy atom. The minimum Gasteiger partial charge on any atom is -0.320 e. The van der Waals surface area contributed by atoms with Crippen LogP contribution in [0.5, 0.6) is 0 Å². The van der Waals surface area contributed by atoms with Crippen LogP contribution in [0.4, 0.5) is 0 Å². The smallest absolute Gasteiger partial charge is 0.232 e. The Bertz CT molecular complexity index is 602. The summed E-state index contributed by atoms with van der Waals surface area (Å²) in [7, 11) is 0. The molecule has 1 saturated carbocycles. The largest absolute Gasteiger partial charge is 0.320 e. The second-order valence-corrected chi connectivity index (χ2v) is 5.67. The first-order valence-electron chi connectivity index (χ1n) is 7.32. The summed E-state index contributed by atoms with van der Waals surface area (Å²) >= 11 is 0. The van der Waals surface area contributed by atoms with Crippen LogP contribution in [0.25, 0.3) is 0 Å². The summed E-state index contributed by atoms with van der Waals surface area (Å²) in [6.07, 6.45) is 2.47. The van der Waals surface area contributed by atoms with Gasteiger partial charge in [-0.1, -0.05) is 24.0 Å². The van der Waals surface area contributed by atoms with Crippen molar-refractivity contribution in [3.63, 3.8) is 0 Å². The summed E-state index contributed by atoms with van der Waals surface area (Å²) in [4.78, 5) is 26.0. The molecule has 21 heavy (non-hydrogen) atoms. The van der Waals surface area contributed by atoms with Gasteiger partial charge in [-0.2, -0.15) is 0 Å². The average molecular weight is 282 g/mol. The molecule has 2 atom stereocenters. The lowest BCUT2D eigenvalue weighted by atomic mass is 9.96. The number of carbonyl (C=O) groups excluding carboxylic acids is 2. The lowest BCUT2D eigenvalue weighted by molar-refractivity contribution is -0.153. The van der Waals surface area contributed by atoms with Gasteiger partial charge in [-0.15, -0.1) is 0 Å². The fourth-order valence-corrected chi connectivity index (χ4v) is 3.16. The van der Waals surface area contributed by atoms with Gasteiger partial charge in [0.25, 0.3) is 0 Å². The number of amides is 2. The summed E-state index contributed by atoms with van der Waals surface area (Å²) in [5, 5.41) is 0. The van der Waals surface area contributed by atoms with Crippen molar-refractivity contribution in [2.75, 3.05) is 6.54 Å². The van der Waals surface area contributed by atoms with Crippen molar-refractivity contribution in [1.82, 2.24) is 4.90 Å². The van der Waals surface area contributed by atoms with E-state index in [-0.39, 0.29) is 23.7 Å². The van der Waals surface area contributed by atoms with E-state index >= 15 is 0 Å². The van der Waals surface area contributed by atoms with E-state index in [4.69, 9.17) is 5.73 Å². The van der Waals surface area contributed by atoms with E-state index in [1.807, 2.05) is 24.3 Å². The molecule has 0 spiro atoms. The van der Waals surface area contributed by atoms with Crippen molar-refractivity contribution in [2.24, 2.45) is 17.6 Å². The molecule has 1 aliphatic heterocycles. The zero-order chi connectivity index (χ0) is 14.8. The number of likely N-dealkylation sites (tertiary alicyclic amines) is 1. The van der Waals surface area contributed by atoms with E-state index in [2.05, 4.69) is 11.8 Å². The Kier molecular flexibility index (Phi) is 3.76. The van der Waals surface area contributed by atoms with Crippen molar-refractivity contribution < 1.29 is 9.59 Å². The van der Waals surface area contributed by atoms with Crippen molar-refractivity contribution in [2.45, 2.75) is 25.8 Å². The molecule has 2 N–H and O–H groups in total.